The smallest absolute Gasteiger partial charge is 0.227 e. The highest BCUT2D eigenvalue weighted by Gasteiger charge is 2.15. The highest BCUT2D eigenvalue weighted by molar-refractivity contribution is 7.09. The number of carbonyl (C=O) groups is 1. The summed E-state index contributed by atoms with van der Waals surface area (Å²) >= 11 is 1.55. The topological polar surface area (TPSA) is 54.9 Å². The summed E-state index contributed by atoms with van der Waals surface area (Å²) in [7, 11) is 0. The molecular weight excluding hydrogens is 306 g/mol. The lowest BCUT2D eigenvalue weighted by Gasteiger charge is -2.11. The van der Waals surface area contributed by atoms with Gasteiger partial charge in [0.05, 0.1) is 18.2 Å². The zero-order chi connectivity index (χ0) is 16.1. The van der Waals surface area contributed by atoms with E-state index in [-0.39, 0.29) is 11.8 Å². The molecule has 1 N–H and O–H groups in total. The number of hydrogen-bond acceptors (Lipinski definition) is 4. The summed E-state index contributed by atoms with van der Waals surface area (Å²) in [5.74, 6) is -0.160. The molecule has 0 saturated carbocycles. The minimum absolute atomic E-state index is 0.0110. The van der Waals surface area contributed by atoms with Crippen LogP contribution in [0.1, 0.15) is 23.4 Å². The van der Waals surface area contributed by atoms with Crippen molar-refractivity contribution in [2.24, 2.45) is 0 Å². The van der Waals surface area contributed by atoms with Crippen LogP contribution in [0.2, 0.25) is 0 Å². The van der Waals surface area contributed by atoms with Gasteiger partial charge >= 0.3 is 0 Å². The van der Waals surface area contributed by atoms with Crippen LogP contribution in [-0.2, 0) is 11.3 Å². The molecule has 5 heteroatoms. The molecule has 2 aromatic heterocycles. The van der Waals surface area contributed by atoms with Crippen LogP contribution in [0.3, 0.4) is 0 Å². The monoisotopic (exact) mass is 323 g/mol. The minimum Gasteiger partial charge on any atom is -0.349 e. The Labute approximate surface area is 139 Å². The first kappa shape index (κ1) is 15.4. The molecule has 1 aromatic carbocycles. The normalized spacial score (nSPS) is 11.9. The third kappa shape index (κ3) is 3.81. The Morgan fingerprint density at radius 3 is 2.65 bits per heavy atom. The van der Waals surface area contributed by atoms with Crippen LogP contribution < -0.4 is 5.32 Å². The van der Waals surface area contributed by atoms with E-state index >= 15 is 0 Å². The lowest BCUT2D eigenvalue weighted by atomic mass is 10.0. The maximum atomic E-state index is 12.3. The highest BCUT2D eigenvalue weighted by atomic mass is 32.1. The predicted octanol–water partition coefficient (Wildman–Crippen LogP) is 3.63. The molecule has 0 aliphatic rings. The third-order valence-electron chi connectivity index (χ3n) is 3.63. The van der Waals surface area contributed by atoms with Crippen molar-refractivity contribution < 1.29 is 4.79 Å². The fourth-order valence-corrected chi connectivity index (χ4v) is 3.00. The number of hydrogen-bond donors (Lipinski definition) is 1. The van der Waals surface area contributed by atoms with Gasteiger partial charge in [-0.05, 0) is 24.6 Å². The molecule has 0 aliphatic heterocycles. The van der Waals surface area contributed by atoms with Gasteiger partial charge in [-0.25, -0.2) is 4.98 Å². The fourth-order valence-electron chi connectivity index (χ4n) is 2.26. The fraction of sp³-hybridized carbons (Fsp3) is 0.167. The molecule has 3 aromatic rings. The van der Waals surface area contributed by atoms with E-state index in [1.54, 1.807) is 23.7 Å². The van der Waals surface area contributed by atoms with E-state index in [0.29, 0.717) is 6.54 Å². The van der Waals surface area contributed by atoms with Gasteiger partial charge < -0.3 is 5.32 Å². The van der Waals surface area contributed by atoms with Gasteiger partial charge in [0.2, 0.25) is 5.91 Å². The van der Waals surface area contributed by atoms with Gasteiger partial charge in [-0.15, -0.1) is 11.3 Å². The van der Waals surface area contributed by atoms with Crippen LogP contribution in [0.4, 0.5) is 0 Å². The number of amides is 1. The summed E-state index contributed by atoms with van der Waals surface area (Å²) in [5, 5.41) is 5.85. The maximum Gasteiger partial charge on any atom is 0.227 e. The molecule has 4 nitrogen and oxygen atoms in total. The van der Waals surface area contributed by atoms with Gasteiger partial charge in [0.1, 0.15) is 5.01 Å². The maximum absolute atomic E-state index is 12.3. The molecule has 0 saturated heterocycles. The van der Waals surface area contributed by atoms with E-state index in [0.717, 1.165) is 21.8 Å². The molecule has 0 aliphatic carbocycles. The first-order valence-corrected chi connectivity index (χ1v) is 8.29. The number of nitrogens with zero attached hydrogens (tertiary/aromatic N) is 2. The molecular formula is C18H17N3OS. The van der Waals surface area contributed by atoms with E-state index in [1.807, 2.05) is 54.8 Å². The van der Waals surface area contributed by atoms with Gasteiger partial charge in [-0.2, -0.15) is 0 Å². The Balaban J connectivity index is 1.61. The first-order chi connectivity index (χ1) is 11.2. The Morgan fingerprint density at radius 1 is 1.17 bits per heavy atom. The number of rotatable bonds is 5. The van der Waals surface area contributed by atoms with Crippen LogP contribution in [0.25, 0.3) is 11.3 Å². The molecule has 0 bridgehead atoms. The predicted molar refractivity (Wildman–Crippen MR) is 92.0 cm³/mol. The Bertz CT molecular complexity index is 771. The van der Waals surface area contributed by atoms with Crippen molar-refractivity contribution in [2.75, 3.05) is 0 Å². The molecule has 1 amide bonds. The van der Waals surface area contributed by atoms with E-state index in [4.69, 9.17) is 0 Å². The lowest BCUT2D eigenvalue weighted by Crippen LogP contribution is -2.27. The molecule has 0 unspecified atom stereocenters. The average Bonchev–Trinajstić information content (AvgIpc) is 3.09. The van der Waals surface area contributed by atoms with Crippen LogP contribution in [-0.4, -0.2) is 15.9 Å². The molecule has 0 spiro atoms. The zero-order valence-electron chi connectivity index (χ0n) is 12.8. The van der Waals surface area contributed by atoms with Crippen LogP contribution in [0.5, 0.6) is 0 Å². The third-order valence-corrected chi connectivity index (χ3v) is 4.48. The SMILES string of the molecule is C[C@H](C(=O)NCc1nc(-c2ccncc2)cs1)c1ccccc1. The summed E-state index contributed by atoms with van der Waals surface area (Å²) in [5.41, 5.74) is 2.96. The average molecular weight is 323 g/mol. The largest absolute Gasteiger partial charge is 0.349 e. The number of aromatic nitrogens is 2. The van der Waals surface area contributed by atoms with Gasteiger partial charge in [-0.1, -0.05) is 30.3 Å². The van der Waals surface area contributed by atoms with E-state index in [2.05, 4.69) is 15.3 Å². The van der Waals surface area contributed by atoms with Crippen molar-refractivity contribution in [3.05, 3.63) is 70.8 Å². The summed E-state index contributed by atoms with van der Waals surface area (Å²) in [6.07, 6.45) is 3.50. The second kappa shape index (κ2) is 7.15. The van der Waals surface area contributed by atoms with Crippen molar-refractivity contribution in [3.8, 4) is 11.3 Å². The van der Waals surface area contributed by atoms with Crippen molar-refractivity contribution in [3.63, 3.8) is 0 Å². The molecule has 0 fully saturated rings. The lowest BCUT2D eigenvalue weighted by molar-refractivity contribution is -0.122. The Kier molecular flexibility index (Phi) is 4.78. The molecule has 3 rings (SSSR count). The number of nitrogens with one attached hydrogen (secondary N) is 1. The second-order valence-corrected chi connectivity index (χ2v) is 6.16. The number of carbonyl (C=O) groups excluding carboxylic acids is 1. The Hall–Kier alpha value is -2.53. The Morgan fingerprint density at radius 2 is 1.91 bits per heavy atom. The van der Waals surface area contributed by atoms with E-state index < -0.39 is 0 Å². The van der Waals surface area contributed by atoms with Crippen LogP contribution in [0.15, 0.2) is 60.2 Å². The number of benzene rings is 1. The summed E-state index contributed by atoms with van der Waals surface area (Å²) in [4.78, 5) is 20.8. The molecule has 0 radical (unpaired) electrons. The van der Waals surface area contributed by atoms with E-state index in [1.165, 1.54) is 0 Å². The summed E-state index contributed by atoms with van der Waals surface area (Å²) in [6.45, 7) is 2.36. The van der Waals surface area contributed by atoms with Crippen LogP contribution in [0, 0.1) is 0 Å². The quantitative estimate of drug-likeness (QED) is 0.780. The van der Waals surface area contributed by atoms with Gasteiger partial charge in [-0.3, -0.25) is 9.78 Å². The van der Waals surface area contributed by atoms with Gasteiger partial charge in [0, 0.05) is 23.3 Å². The van der Waals surface area contributed by atoms with Crippen molar-refractivity contribution in [1.29, 1.82) is 0 Å². The van der Waals surface area contributed by atoms with Crippen molar-refractivity contribution in [2.45, 2.75) is 19.4 Å². The zero-order valence-corrected chi connectivity index (χ0v) is 13.6. The van der Waals surface area contributed by atoms with Crippen molar-refractivity contribution in [1.82, 2.24) is 15.3 Å². The van der Waals surface area contributed by atoms with E-state index in [9.17, 15) is 4.79 Å². The molecule has 1 atom stereocenters. The molecule has 23 heavy (non-hydrogen) atoms. The summed E-state index contributed by atoms with van der Waals surface area (Å²) < 4.78 is 0. The number of thiazole rings is 1. The minimum atomic E-state index is -0.171. The molecule has 116 valence electrons. The second-order valence-electron chi connectivity index (χ2n) is 5.21. The first-order valence-electron chi connectivity index (χ1n) is 7.41. The molecule has 2 heterocycles. The van der Waals surface area contributed by atoms with Gasteiger partial charge in [0.15, 0.2) is 0 Å². The summed E-state index contributed by atoms with van der Waals surface area (Å²) in [6, 6.07) is 13.6. The van der Waals surface area contributed by atoms with Crippen molar-refractivity contribution >= 4 is 17.2 Å². The highest BCUT2D eigenvalue weighted by Crippen LogP contribution is 2.21. The van der Waals surface area contributed by atoms with Crippen LogP contribution >= 0.6 is 11.3 Å². The van der Waals surface area contributed by atoms with Gasteiger partial charge in [0.25, 0.3) is 0 Å². The standard InChI is InChI=1S/C18H17N3OS/c1-13(14-5-3-2-4-6-14)18(22)20-11-17-21-16(12-23-17)15-7-9-19-10-8-15/h2-10,12-13H,11H2,1H3,(H,20,22)/t13-/m0/s1. The number of pyridine rings is 1.